The molecule has 0 unspecified atom stereocenters. The van der Waals surface area contributed by atoms with Crippen LogP contribution in [0, 0.1) is 5.82 Å². The topological polar surface area (TPSA) is 60.9 Å². The third-order valence-corrected chi connectivity index (χ3v) is 3.49. The first kappa shape index (κ1) is 14.3. The highest BCUT2D eigenvalue weighted by Gasteiger charge is 2.23. The van der Waals surface area contributed by atoms with Crippen LogP contribution in [0.4, 0.5) is 10.1 Å². The smallest absolute Gasteiger partial charge is 0.340 e. The summed E-state index contributed by atoms with van der Waals surface area (Å²) in [6, 6.07) is 4.26. The standard InChI is InChI=1S/C14H17FN2O3/c1-10(18)16-6-3-7-17(9-8-16)12-5-2-4-11(15)13(12)14(19)20/h2,4-5H,3,6-9H2,1H3,(H,19,20). The summed E-state index contributed by atoms with van der Waals surface area (Å²) in [6.45, 7) is 3.78. The lowest BCUT2D eigenvalue weighted by atomic mass is 10.1. The Labute approximate surface area is 116 Å². The van der Waals surface area contributed by atoms with E-state index in [-0.39, 0.29) is 11.5 Å². The second-order valence-electron chi connectivity index (χ2n) is 4.79. The highest BCUT2D eigenvalue weighted by atomic mass is 19.1. The summed E-state index contributed by atoms with van der Waals surface area (Å²) < 4.78 is 13.7. The van der Waals surface area contributed by atoms with Crippen molar-refractivity contribution in [3.63, 3.8) is 0 Å². The maximum absolute atomic E-state index is 13.7. The molecule has 0 radical (unpaired) electrons. The first-order valence-electron chi connectivity index (χ1n) is 6.53. The lowest BCUT2D eigenvalue weighted by molar-refractivity contribution is -0.128. The maximum atomic E-state index is 13.7. The van der Waals surface area contributed by atoms with Crippen LogP contribution in [0.3, 0.4) is 0 Å². The number of nitrogens with zero attached hydrogens (tertiary/aromatic N) is 2. The summed E-state index contributed by atoms with van der Waals surface area (Å²) >= 11 is 0. The molecular formula is C14H17FN2O3. The molecule has 2 rings (SSSR count). The minimum Gasteiger partial charge on any atom is -0.478 e. The van der Waals surface area contributed by atoms with Gasteiger partial charge in [0, 0.05) is 33.1 Å². The molecule has 1 saturated heterocycles. The Morgan fingerprint density at radius 1 is 1.20 bits per heavy atom. The molecule has 0 aromatic heterocycles. The number of rotatable bonds is 2. The normalized spacial score (nSPS) is 15.9. The van der Waals surface area contributed by atoms with E-state index in [0.29, 0.717) is 31.9 Å². The predicted molar refractivity (Wildman–Crippen MR) is 72.4 cm³/mol. The van der Waals surface area contributed by atoms with Gasteiger partial charge in [-0.3, -0.25) is 4.79 Å². The van der Waals surface area contributed by atoms with Crippen molar-refractivity contribution in [1.82, 2.24) is 4.90 Å². The van der Waals surface area contributed by atoms with Crippen molar-refractivity contribution in [2.45, 2.75) is 13.3 Å². The van der Waals surface area contributed by atoms with E-state index in [1.54, 1.807) is 11.0 Å². The zero-order chi connectivity index (χ0) is 14.7. The Morgan fingerprint density at radius 2 is 1.95 bits per heavy atom. The first-order chi connectivity index (χ1) is 9.50. The maximum Gasteiger partial charge on any atom is 0.340 e. The van der Waals surface area contributed by atoms with Crippen LogP contribution in [-0.4, -0.2) is 48.1 Å². The Hall–Kier alpha value is -2.11. The average Bonchev–Trinajstić information content (AvgIpc) is 2.63. The van der Waals surface area contributed by atoms with E-state index < -0.39 is 11.8 Å². The van der Waals surface area contributed by atoms with Crippen molar-refractivity contribution in [2.75, 3.05) is 31.1 Å². The Morgan fingerprint density at radius 3 is 2.60 bits per heavy atom. The number of aromatic carboxylic acids is 1. The van der Waals surface area contributed by atoms with Crippen LogP contribution in [0.15, 0.2) is 18.2 Å². The molecule has 108 valence electrons. The van der Waals surface area contributed by atoms with E-state index in [1.165, 1.54) is 13.0 Å². The monoisotopic (exact) mass is 280 g/mol. The first-order valence-corrected chi connectivity index (χ1v) is 6.53. The molecule has 0 aliphatic carbocycles. The molecule has 5 nitrogen and oxygen atoms in total. The van der Waals surface area contributed by atoms with Gasteiger partial charge in [0.1, 0.15) is 11.4 Å². The van der Waals surface area contributed by atoms with E-state index in [9.17, 15) is 14.0 Å². The van der Waals surface area contributed by atoms with Gasteiger partial charge in [0.25, 0.3) is 0 Å². The molecule has 1 heterocycles. The predicted octanol–water partition coefficient (Wildman–Crippen LogP) is 1.58. The van der Waals surface area contributed by atoms with E-state index in [1.807, 2.05) is 4.90 Å². The lowest BCUT2D eigenvalue weighted by Crippen LogP contribution is -2.34. The zero-order valence-electron chi connectivity index (χ0n) is 11.3. The SMILES string of the molecule is CC(=O)N1CCCN(c2cccc(F)c2C(=O)O)CC1. The van der Waals surface area contributed by atoms with Gasteiger partial charge in [-0.15, -0.1) is 0 Å². The second-order valence-corrected chi connectivity index (χ2v) is 4.79. The van der Waals surface area contributed by atoms with E-state index in [2.05, 4.69) is 0 Å². The van der Waals surface area contributed by atoms with Crippen LogP contribution in [0.2, 0.25) is 0 Å². The highest BCUT2D eigenvalue weighted by Crippen LogP contribution is 2.24. The number of carbonyl (C=O) groups is 2. The number of amides is 1. The molecular weight excluding hydrogens is 263 g/mol. The zero-order valence-corrected chi connectivity index (χ0v) is 11.3. The van der Waals surface area contributed by atoms with Crippen molar-refractivity contribution in [3.05, 3.63) is 29.6 Å². The quantitative estimate of drug-likeness (QED) is 0.893. The molecule has 1 aromatic rings. The largest absolute Gasteiger partial charge is 0.478 e. The minimum atomic E-state index is -1.27. The fraction of sp³-hybridized carbons (Fsp3) is 0.429. The Kier molecular flexibility index (Phi) is 4.22. The summed E-state index contributed by atoms with van der Waals surface area (Å²) in [5.74, 6) is -2.00. The Bertz CT molecular complexity index is 533. The molecule has 1 aliphatic heterocycles. The van der Waals surface area contributed by atoms with Crippen molar-refractivity contribution in [2.24, 2.45) is 0 Å². The number of hydrogen-bond acceptors (Lipinski definition) is 3. The fourth-order valence-electron chi connectivity index (χ4n) is 2.46. The summed E-state index contributed by atoms with van der Waals surface area (Å²) in [5, 5.41) is 9.16. The van der Waals surface area contributed by atoms with Crippen LogP contribution in [-0.2, 0) is 4.79 Å². The molecule has 1 aromatic carbocycles. The summed E-state index contributed by atoms with van der Waals surface area (Å²) in [7, 11) is 0. The number of hydrogen-bond donors (Lipinski definition) is 1. The molecule has 1 aliphatic rings. The lowest BCUT2D eigenvalue weighted by Gasteiger charge is -2.24. The van der Waals surface area contributed by atoms with Crippen LogP contribution in [0.25, 0.3) is 0 Å². The second kappa shape index (κ2) is 5.90. The number of halogens is 1. The van der Waals surface area contributed by atoms with Crippen LogP contribution < -0.4 is 4.90 Å². The van der Waals surface area contributed by atoms with E-state index in [0.717, 1.165) is 12.5 Å². The van der Waals surface area contributed by atoms with Crippen molar-refractivity contribution in [3.8, 4) is 0 Å². The van der Waals surface area contributed by atoms with Crippen molar-refractivity contribution < 1.29 is 19.1 Å². The van der Waals surface area contributed by atoms with Gasteiger partial charge < -0.3 is 14.9 Å². The summed E-state index contributed by atoms with van der Waals surface area (Å²) in [6.07, 6.45) is 0.731. The molecule has 0 bridgehead atoms. The van der Waals surface area contributed by atoms with Gasteiger partial charge in [0.2, 0.25) is 5.91 Å². The molecule has 20 heavy (non-hydrogen) atoms. The van der Waals surface area contributed by atoms with Gasteiger partial charge in [-0.05, 0) is 18.6 Å². The fourth-order valence-corrected chi connectivity index (χ4v) is 2.46. The number of carboxylic acids is 1. The van der Waals surface area contributed by atoms with E-state index in [4.69, 9.17) is 5.11 Å². The molecule has 0 saturated carbocycles. The van der Waals surface area contributed by atoms with E-state index >= 15 is 0 Å². The molecule has 1 fully saturated rings. The Balaban J connectivity index is 2.26. The minimum absolute atomic E-state index is 0.00421. The molecule has 6 heteroatoms. The summed E-state index contributed by atoms with van der Waals surface area (Å²) in [4.78, 5) is 26.1. The molecule has 0 atom stereocenters. The van der Waals surface area contributed by atoms with Gasteiger partial charge in [0.15, 0.2) is 0 Å². The van der Waals surface area contributed by atoms with Crippen LogP contribution in [0.1, 0.15) is 23.7 Å². The number of carboxylic acid groups (broad SMARTS) is 1. The molecule has 0 spiro atoms. The average molecular weight is 280 g/mol. The van der Waals surface area contributed by atoms with Gasteiger partial charge >= 0.3 is 5.97 Å². The number of anilines is 1. The summed E-state index contributed by atoms with van der Waals surface area (Å²) in [5.41, 5.74) is 0.0756. The molecule has 1 N–H and O–H groups in total. The third kappa shape index (κ3) is 2.89. The van der Waals surface area contributed by atoms with Crippen molar-refractivity contribution >= 4 is 17.6 Å². The third-order valence-electron chi connectivity index (χ3n) is 3.49. The highest BCUT2D eigenvalue weighted by molar-refractivity contribution is 5.94. The van der Waals surface area contributed by atoms with Crippen LogP contribution in [0.5, 0.6) is 0 Å². The van der Waals surface area contributed by atoms with Gasteiger partial charge in [-0.25, -0.2) is 9.18 Å². The van der Waals surface area contributed by atoms with Crippen LogP contribution >= 0.6 is 0 Å². The van der Waals surface area contributed by atoms with Gasteiger partial charge in [0.05, 0.1) is 5.69 Å². The number of benzene rings is 1. The number of carbonyl (C=O) groups excluding carboxylic acids is 1. The molecule has 1 amide bonds. The van der Waals surface area contributed by atoms with Gasteiger partial charge in [-0.2, -0.15) is 0 Å². The van der Waals surface area contributed by atoms with Gasteiger partial charge in [-0.1, -0.05) is 6.07 Å². The van der Waals surface area contributed by atoms with Crippen molar-refractivity contribution in [1.29, 1.82) is 0 Å².